The highest BCUT2D eigenvalue weighted by atomic mass is 19.1. The van der Waals surface area contributed by atoms with Crippen LogP contribution in [0.4, 0.5) is 10.1 Å². The Morgan fingerprint density at radius 1 is 1.53 bits per heavy atom. The van der Waals surface area contributed by atoms with Gasteiger partial charge in [0.05, 0.1) is 18.3 Å². The molecule has 92 valence electrons. The van der Waals surface area contributed by atoms with Gasteiger partial charge >= 0.3 is 0 Å². The van der Waals surface area contributed by atoms with Crippen LogP contribution in [0.15, 0.2) is 24.3 Å². The Morgan fingerprint density at radius 2 is 2.29 bits per heavy atom. The molecule has 1 fully saturated rings. The van der Waals surface area contributed by atoms with Crippen LogP contribution in [0.1, 0.15) is 6.42 Å². The predicted octanol–water partition coefficient (Wildman–Crippen LogP) is 0.831. The Morgan fingerprint density at radius 3 is 2.94 bits per heavy atom. The van der Waals surface area contributed by atoms with Gasteiger partial charge < -0.3 is 10.4 Å². The Kier molecular flexibility index (Phi) is 3.71. The third kappa shape index (κ3) is 3.25. The van der Waals surface area contributed by atoms with Gasteiger partial charge in [-0.3, -0.25) is 9.69 Å². The van der Waals surface area contributed by atoms with E-state index in [0.29, 0.717) is 19.5 Å². The second-order valence-electron chi connectivity index (χ2n) is 4.21. The van der Waals surface area contributed by atoms with Crippen molar-refractivity contribution in [3.63, 3.8) is 0 Å². The predicted molar refractivity (Wildman–Crippen MR) is 62.1 cm³/mol. The van der Waals surface area contributed by atoms with Gasteiger partial charge in [0.25, 0.3) is 0 Å². The minimum atomic E-state index is -0.442. The lowest BCUT2D eigenvalue weighted by Gasteiger charge is -2.14. The minimum absolute atomic E-state index is 0.186. The second kappa shape index (κ2) is 5.25. The molecule has 5 heteroatoms. The van der Waals surface area contributed by atoms with Crippen molar-refractivity contribution in [3.05, 3.63) is 30.1 Å². The van der Waals surface area contributed by atoms with Gasteiger partial charge in [-0.15, -0.1) is 0 Å². The molecule has 1 aromatic carbocycles. The van der Waals surface area contributed by atoms with Crippen LogP contribution in [-0.2, 0) is 4.79 Å². The fourth-order valence-electron chi connectivity index (χ4n) is 1.91. The molecule has 1 amide bonds. The molecule has 0 unspecified atom stereocenters. The number of carbonyl (C=O) groups is 1. The molecule has 0 saturated carbocycles. The summed E-state index contributed by atoms with van der Waals surface area (Å²) in [4.78, 5) is 13.5. The zero-order valence-electron chi connectivity index (χ0n) is 9.40. The van der Waals surface area contributed by atoms with E-state index in [1.807, 2.05) is 4.90 Å². The van der Waals surface area contributed by atoms with Crippen LogP contribution in [-0.4, -0.2) is 41.7 Å². The average molecular weight is 238 g/mol. The van der Waals surface area contributed by atoms with Crippen LogP contribution in [0.25, 0.3) is 0 Å². The average Bonchev–Trinajstić information content (AvgIpc) is 2.67. The number of carbonyl (C=O) groups excluding carboxylic acids is 1. The zero-order chi connectivity index (χ0) is 12.3. The Bertz CT molecular complexity index is 411. The van der Waals surface area contributed by atoms with Crippen LogP contribution in [0.2, 0.25) is 0 Å². The number of para-hydroxylation sites is 1. The van der Waals surface area contributed by atoms with E-state index in [-0.39, 0.29) is 24.2 Å². The largest absolute Gasteiger partial charge is 0.392 e. The van der Waals surface area contributed by atoms with E-state index in [9.17, 15) is 14.3 Å². The quantitative estimate of drug-likeness (QED) is 0.820. The molecule has 1 aliphatic rings. The van der Waals surface area contributed by atoms with E-state index < -0.39 is 5.82 Å². The summed E-state index contributed by atoms with van der Waals surface area (Å²) in [6.45, 7) is 1.39. The van der Waals surface area contributed by atoms with Crippen molar-refractivity contribution in [1.29, 1.82) is 0 Å². The molecule has 2 N–H and O–H groups in total. The lowest BCUT2D eigenvalue weighted by Crippen LogP contribution is -2.32. The molecule has 0 spiro atoms. The molecule has 0 aromatic heterocycles. The number of halogens is 1. The van der Waals surface area contributed by atoms with Crippen LogP contribution >= 0.6 is 0 Å². The van der Waals surface area contributed by atoms with Gasteiger partial charge in [0.15, 0.2) is 0 Å². The standard InChI is InChI=1S/C12H15FN2O2/c13-10-3-1-2-4-11(10)14-12(17)8-15-6-5-9(16)7-15/h1-4,9,16H,5-8H2,(H,14,17)/t9-/m0/s1. The van der Waals surface area contributed by atoms with E-state index >= 15 is 0 Å². The molecular formula is C12H15FN2O2. The molecule has 4 nitrogen and oxygen atoms in total. The zero-order valence-corrected chi connectivity index (χ0v) is 9.40. The molecule has 0 aliphatic carbocycles. The van der Waals surface area contributed by atoms with E-state index in [1.165, 1.54) is 12.1 Å². The molecular weight excluding hydrogens is 223 g/mol. The van der Waals surface area contributed by atoms with Crippen molar-refractivity contribution in [3.8, 4) is 0 Å². The normalized spacial score (nSPS) is 20.5. The summed E-state index contributed by atoms with van der Waals surface area (Å²) >= 11 is 0. The van der Waals surface area contributed by atoms with Gasteiger partial charge in [0.1, 0.15) is 5.82 Å². The van der Waals surface area contributed by atoms with Crippen molar-refractivity contribution in [1.82, 2.24) is 4.90 Å². The van der Waals surface area contributed by atoms with Crippen molar-refractivity contribution in [2.75, 3.05) is 25.0 Å². The van der Waals surface area contributed by atoms with Crippen molar-refractivity contribution < 1.29 is 14.3 Å². The first-order valence-electron chi connectivity index (χ1n) is 5.60. The number of aliphatic hydroxyl groups excluding tert-OH is 1. The molecule has 0 radical (unpaired) electrons. The van der Waals surface area contributed by atoms with E-state index in [4.69, 9.17) is 0 Å². The molecule has 1 heterocycles. The summed E-state index contributed by atoms with van der Waals surface area (Å²) in [5.41, 5.74) is 0.192. The highest BCUT2D eigenvalue weighted by molar-refractivity contribution is 5.92. The number of benzene rings is 1. The Hall–Kier alpha value is -1.46. The molecule has 2 rings (SSSR count). The Balaban J connectivity index is 1.87. The first-order chi connectivity index (χ1) is 8.15. The van der Waals surface area contributed by atoms with Crippen molar-refractivity contribution in [2.45, 2.75) is 12.5 Å². The van der Waals surface area contributed by atoms with E-state index in [0.717, 1.165) is 0 Å². The summed E-state index contributed by atoms with van der Waals surface area (Å²) in [5, 5.41) is 11.8. The molecule has 1 aliphatic heterocycles. The number of nitrogens with one attached hydrogen (secondary N) is 1. The van der Waals surface area contributed by atoms with Gasteiger partial charge in [0.2, 0.25) is 5.91 Å². The Labute approximate surface area is 99.0 Å². The van der Waals surface area contributed by atoms with Gasteiger partial charge in [-0.1, -0.05) is 12.1 Å². The SMILES string of the molecule is O=C(CN1CC[C@H](O)C1)Nc1ccccc1F. The summed E-state index contributed by atoms with van der Waals surface area (Å²) in [7, 11) is 0. The molecule has 0 bridgehead atoms. The number of hydrogen-bond donors (Lipinski definition) is 2. The van der Waals surface area contributed by atoms with Gasteiger partial charge in [0, 0.05) is 13.1 Å². The number of likely N-dealkylation sites (tertiary alicyclic amines) is 1. The minimum Gasteiger partial charge on any atom is -0.392 e. The smallest absolute Gasteiger partial charge is 0.238 e. The molecule has 1 saturated heterocycles. The summed E-state index contributed by atoms with van der Waals surface area (Å²) in [6.07, 6.45) is 0.337. The van der Waals surface area contributed by atoms with Gasteiger partial charge in [-0.2, -0.15) is 0 Å². The summed E-state index contributed by atoms with van der Waals surface area (Å²) in [6, 6.07) is 6.06. The van der Waals surface area contributed by atoms with Crippen molar-refractivity contribution >= 4 is 11.6 Å². The second-order valence-corrected chi connectivity index (χ2v) is 4.21. The lowest BCUT2D eigenvalue weighted by molar-refractivity contribution is -0.117. The molecule has 1 atom stereocenters. The number of anilines is 1. The maximum absolute atomic E-state index is 13.3. The maximum Gasteiger partial charge on any atom is 0.238 e. The maximum atomic E-state index is 13.3. The van der Waals surface area contributed by atoms with Crippen LogP contribution in [0.5, 0.6) is 0 Å². The number of nitrogens with zero attached hydrogens (tertiary/aromatic N) is 1. The monoisotopic (exact) mass is 238 g/mol. The summed E-state index contributed by atoms with van der Waals surface area (Å²) < 4.78 is 13.3. The number of rotatable bonds is 3. The van der Waals surface area contributed by atoms with Crippen molar-refractivity contribution in [2.24, 2.45) is 0 Å². The van der Waals surface area contributed by atoms with Crippen LogP contribution < -0.4 is 5.32 Å². The van der Waals surface area contributed by atoms with E-state index in [1.54, 1.807) is 12.1 Å². The van der Waals surface area contributed by atoms with Gasteiger partial charge in [-0.05, 0) is 18.6 Å². The number of β-amino-alcohol motifs (C(OH)–C–C–N with tert-alkyl or cyclic N) is 1. The first kappa shape index (κ1) is 12.0. The third-order valence-corrected chi connectivity index (χ3v) is 2.76. The van der Waals surface area contributed by atoms with Crippen LogP contribution in [0, 0.1) is 5.82 Å². The number of amides is 1. The van der Waals surface area contributed by atoms with Crippen LogP contribution in [0.3, 0.4) is 0 Å². The highest BCUT2D eigenvalue weighted by Gasteiger charge is 2.22. The molecule has 1 aromatic rings. The summed E-state index contributed by atoms with van der Waals surface area (Å²) in [5.74, 6) is -0.702. The third-order valence-electron chi connectivity index (χ3n) is 2.76. The lowest BCUT2D eigenvalue weighted by atomic mass is 10.3. The fraction of sp³-hybridized carbons (Fsp3) is 0.417. The molecule has 17 heavy (non-hydrogen) atoms. The first-order valence-corrected chi connectivity index (χ1v) is 5.60. The number of hydrogen-bond acceptors (Lipinski definition) is 3. The fourth-order valence-corrected chi connectivity index (χ4v) is 1.91. The van der Waals surface area contributed by atoms with Gasteiger partial charge in [-0.25, -0.2) is 4.39 Å². The highest BCUT2D eigenvalue weighted by Crippen LogP contribution is 2.13. The topological polar surface area (TPSA) is 52.6 Å². The van der Waals surface area contributed by atoms with E-state index in [2.05, 4.69) is 5.32 Å². The number of aliphatic hydroxyl groups is 1.